The van der Waals surface area contributed by atoms with Crippen molar-refractivity contribution in [3.8, 4) is 17.2 Å². The van der Waals surface area contributed by atoms with Crippen LogP contribution in [0.1, 0.15) is 24.8 Å². The summed E-state index contributed by atoms with van der Waals surface area (Å²) in [6.07, 6.45) is 3.79. The van der Waals surface area contributed by atoms with E-state index in [1.807, 2.05) is 53.4 Å². The van der Waals surface area contributed by atoms with Gasteiger partial charge in [0.25, 0.3) is 11.8 Å². The molecule has 192 valence electrons. The molecule has 3 aromatic carbocycles. The van der Waals surface area contributed by atoms with Gasteiger partial charge in [-0.15, -0.1) is 10.2 Å². The van der Waals surface area contributed by atoms with Gasteiger partial charge in [0.2, 0.25) is 5.43 Å². The van der Waals surface area contributed by atoms with Crippen LogP contribution in [0.2, 0.25) is 0 Å². The second-order valence-corrected chi connectivity index (χ2v) is 9.84. The van der Waals surface area contributed by atoms with Crippen molar-refractivity contribution >= 4 is 27.4 Å². The maximum Gasteiger partial charge on any atom is 0.254 e. The summed E-state index contributed by atoms with van der Waals surface area (Å²) in [4.78, 5) is 15.6. The molecule has 7 rings (SSSR count). The predicted molar refractivity (Wildman–Crippen MR) is 143 cm³/mol. The Morgan fingerprint density at radius 2 is 1.84 bits per heavy atom. The number of nitrogens with one attached hydrogen (secondary N) is 1. The summed E-state index contributed by atoms with van der Waals surface area (Å²) < 4.78 is 29.2. The summed E-state index contributed by atoms with van der Waals surface area (Å²) >= 11 is 0. The van der Waals surface area contributed by atoms with Crippen molar-refractivity contribution in [2.24, 2.45) is 0 Å². The number of rotatable bonds is 6. The van der Waals surface area contributed by atoms with Crippen LogP contribution in [0, 0.1) is 5.82 Å². The van der Waals surface area contributed by atoms with E-state index in [9.17, 15) is 4.79 Å². The minimum absolute atomic E-state index is 0.0636. The van der Waals surface area contributed by atoms with Crippen molar-refractivity contribution in [3.05, 3.63) is 82.7 Å². The maximum absolute atomic E-state index is 15.3. The van der Waals surface area contributed by atoms with Crippen molar-refractivity contribution < 1.29 is 13.5 Å². The fraction of sp³-hybridized carbons (Fsp3) is 0.276. The van der Waals surface area contributed by atoms with Crippen molar-refractivity contribution in [3.63, 3.8) is 0 Å². The summed E-state index contributed by atoms with van der Waals surface area (Å²) in [6, 6.07) is 17.2. The van der Waals surface area contributed by atoms with E-state index >= 15 is 4.39 Å². The van der Waals surface area contributed by atoms with E-state index in [-0.39, 0.29) is 35.4 Å². The van der Waals surface area contributed by atoms with Gasteiger partial charge in [0.05, 0.1) is 11.2 Å². The van der Waals surface area contributed by atoms with Crippen LogP contribution in [0.4, 0.5) is 10.1 Å². The van der Waals surface area contributed by atoms with Gasteiger partial charge in [0.15, 0.2) is 6.61 Å². The highest BCUT2D eigenvalue weighted by molar-refractivity contribution is 5.88. The monoisotopic (exact) mass is 511 g/mol. The number of ether oxygens (including phenoxy) is 1. The normalized spacial score (nSPS) is 15.9. The van der Waals surface area contributed by atoms with Crippen molar-refractivity contribution in [2.75, 3.05) is 31.1 Å². The van der Waals surface area contributed by atoms with Crippen molar-refractivity contribution in [1.82, 2.24) is 20.1 Å². The summed E-state index contributed by atoms with van der Waals surface area (Å²) in [7, 11) is 0. The molecular weight excluding hydrogens is 485 g/mol. The largest absolute Gasteiger partial charge is 0.483 e. The first kappa shape index (κ1) is 22.9. The van der Waals surface area contributed by atoms with E-state index in [4.69, 9.17) is 9.15 Å². The second-order valence-electron chi connectivity index (χ2n) is 9.84. The van der Waals surface area contributed by atoms with Crippen LogP contribution < -0.4 is 20.4 Å². The first-order valence-corrected chi connectivity index (χ1v) is 12.9. The zero-order valence-electron chi connectivity index (χ0n) is 20.7. The van der Waals surface area contributed by atoms with Crippen LogP contribution in [0.3, 0.4) is 0 Å². The number of hydrogen-bond acceptors (Lipinski definition) is 7. The molecule has 0 radical (unpaired) electrons. The number of fused-ring (bicyclic) bond motifs is 2. The lowest BCUT2D eigenvalue weighted by molar-refractivity contribution is 0.267. The summed E-state index contributed by atoms with van der Waals surface area (Å²) in [5, 5.41) is 13.9. The van der Waals surface area contributed by atoms with Gasteiger partial charge in [-0.2, -0.15) is 0 Å². The van der Waals surface area contributed by atoms with Crippen LogP contribution in [0.25, 0.3) is 33.1 Å². The minimum atomic E-state index is -0.397. The number of aromatic nitrogens is 3. The first-order valence-electron chi connectivity index (χ1n) is 12.9. The van der Waals surface area contributed by atoms with E-state index in [0.29, 0.717) is 16.8 Å². The fourth-order valence-corrected chi connectivity index (χ4v) is 5.20. The highest BCUT2D eigenvalue weighted by Gasteiger charge is 2.28. The molecule has 8 nitrogen and oxygen atoms in total. The molecule has 1 N–H and O–H groups in total. The van der Waals surface area contributed by atoms with Gasteiger partial charge in [-0.1, -0.05) is 36.4 Å². The molecule has 1 saturated carbocycles. The predicted octanol–water partition coefficient (Wildman–Crippen LogP) is 4.67. The minimum Gasteiger partial charge on any atom is -0.483 e. The van der Waals surface area contributed by atoms with E-state index in [0.717, 1.165) is 55.3 Å². The van der Waals surface area contributed by atoms with Crippen LogP contribution in [0.5, 0.6) is 5.75 Å². The highest BCUT2D eigenvalue weighted by Crippen LogP contribution is 2.39. The molecule has 1 saturated heterocycles. The molecule has 2 fully saturated rings. The number of nitrogens with zero attached hydrogens (tertiary/aromatic N) is 4. The summed E-state index contributed by atoms with van der Waals surface area (Å²) in [5.41, 5.74) is 1.21. The second kappa shape index (κ2) is 9.25. The molecule has 2 aromatic heterocycles. The molecule has 9 heteroatoms. The van der Waals surface area contributed by atoms with Gasteiger partial charge in [0, 0.05) is 49.2 Å². The molecule has 3 heterocycles. The number of halogens is 1. The zero-order valence-corrected chi connectivity index (χ0v) is 20.7. The fourth-order valence-electron chi connectivity index (χ4n) is 5.20. The molecule has 0 unspecified atom stereocenters. The van der Waals surface area contributed by atoms with E-state index < -0.39 is 5.82 Å². The number of piperazine rings is 1. The SMILES string of the molecule is O=c1c(-c2nnc(COc3cccc4ccccc34)o2)cn(C2CC2)c2cc(N3CCNCC3)c(F)cc12. The smallest absolute Gasteiger partial charge is 0.254 e. The van der Waals surface area contributed by atoms with Gasteiger partial charge < -0.3 is 23.9 Å². The molecule has 1 aliphatic carbocycles. The van der Waals surface area contributed by atoms with Gasteiger partial charge in [-0.3, -0.25) is 4.79 Å². The molecule has 0 amide bonds. The topological polar surface area (TPSA) is 85.4 Å². The molecular formula is C29H26FN5O3. The standard InChI is InChI=1S/C29H26FN5O3/c30-23-14-21-24(15-25(23)34-12-10-31-11-13-34)35(19-8-9-19)16-22(28(21)36)29-33-32-27(38-29)17-37-26-7-3-5-18-4-1-2-6-20(18)26/h1-7,14-16,19,31H,8-13,17H2. The number of benzene rings is 3. The lowest BCUT2D eigenvalue weighted by atomic mass is 10.1. The highest BCUT2D eigenvalue weighted by atomic mass is 19.1. The van der Waals surface area contributed by atoms with E-state index in [2.05, 4.69) is 20.1 Å². The third kappa shape index (κ3) is 4.09. The van der Waals surface area contributed by atoms with Gasteiger partial charge in [-0.25, -0.2) is 4.39 Å². The summed E-state index contributed by atoms with van der Waals surface area (Å²) in [6.45, 7) is 3.11. The van der Waals surface area contributed by atoms with Gasteiger partial charge >= 0.3 is 0 Å². The van der Waals surface area contributed by atoms with E-state index in [1.54, 1.807) is 6.20 Å². The van der Waals surface area contributed by atoms with Crippen molar-refractivity contribution in [1.29, 1.82) is 0 Å². The maximum atomic E-state index is 15.3. The Morgan fingerprint density at radius 3 is 2.68 bits per heavy atom. The number of pyridine rings is 1. The Bertz CT molecular complexity index is 1710. The van der Waals surface area contributed by atoms with Gasteiger partial charge in [-0.05, 0) is 36.4 Å². The van der Waals surface area contributed by atoms with E-state index in [1.165, 1.54) is 6.07 Å². The van der Waals surface area contributed by atoms with Crippen molar-refractivity contribution in [2.45, 2.75) is 25.5 Å². The van der Waals surface area contributed by atoms with Crippen LogP contribution in [0.15, 0.2) is 70.0 Å². The Kier molecular flexibility index (Phi) is 5.58. The molecule has 5 aromatic rings. The molecule has 2 aliphatic rings. The molecule has 38 heavy (non-hydrogen) atoms. The Balaban J connectivity index is 1.23. The molecule has 0 bridgehead atoms. The quantitative estimate of drug-likeness (QED) is 0.355. The lowest BCUT2D eigenvalue weighted by Gasteiger charge is -2.30. The third-order valence-electron chi connectivity index (χ3n) is 7.30. The third-order valence-corrected chi connectivity index (χ3v) is 7.30. The van der Waals surface area contributed by atoms with Gasteiger partial charge in [0.1, 0.15) is 17.1 Å². The zero-order chi connectivity index (χ0) is 25.6. The average Bonchev–Trinajstić information content (AvgIpc) is 3.69. The Labute approximate surface area is 217 Å². The molecule has 1 aliphatic heterocycles. The van der Waals surface area contributed by atoms with Crippen LogP contribution in [-0.2, 0) is 6.61 Å². The average molecular weight is 512 g/mol. The lowest BCUT2D eigenvalue weighted by Crippen LogP contribution is -2.43. The summed E-state index contributed by atoms with van der Waals surface area (Å²) in [5.74, 6) is 0.672. The Morgan fingerprint density at radius 1 is 1.03 bits per heavy atom. The number of anilines is 1. The van der Waals surface area contributed by atoms with Crippen LogP contribution >= 0.6 is 0 Å². The number of hydrogen-bond donors (Lipinski definition) is 1. The molecule has 0 spiro atoms. The van der Waals surface area contributed by atoms with Crippen LogP contribution in [-0.4, -0.2) is 40.9 Å². The molecule has 0 atom stereocenters. The Hall–Kier alpha value is -4.24. The first-order chi connectivity index (χ1) is 18.7.